The van der Waals surface area contributed by atoms with Crippen LogP contribution in [0.1, 0.15) is 24.0 Å². The maximum absolute atomic E-state index is 13.1. The molecule has 9 nitrogen and oxygen atoms in total. The number of benzene rings is 1. The summed E-state index contributed by atoms with van der Waals surface area (Å²) in [6.45, 7) is 2.89. The summed E-state index contributed by atoms with van der Waals surface area (Å²) in [5, 5.41) is 14.5. The fourth-order valence-electron chi connectivity index (χ4n) is 3.44. The molecule has 2 N–H and O–H groups in total. The molecule has 0 spiro atoms. The van der Waals surface area contributed by atoms with Gasteiger partial charge in [-0.15, -0.1) is 10.2 Å². The van der Waals surface area contributed by atoms with Crippen molar-refractivity contribution in [2.45, 2.75) is 18.9 Å². The summed E-state index contributed by atoms with van der Waals surface area (Å²) in [7, 11) is 0. The number of rotatable bonds is 5. The Kier molecular flexibility index (Phi) is 6.38. The van der Waals surface area contributed by atoms with Gasteiger partial charge in [0.25, 0.3) is 0 Å². The second kappa shape index (κ2) is 9.35. The van der Waals surface area contributed by atoms with Crippen LogP contribution in [0.2, 0.25) is 0 Å². The number of amides is 3. The third-order valence-corrected chi connectivity index (χ3v) is 5.98. The summed E-state index contributed by atoms with van der Waals surface area (Å²) in [4.78, 5) is 28.2. The average Bonchev–Trinajstić information content (AvgIpc) is 3.45. The molecule has 2 aliphatic heterocycles. The molecule has 0 unspecified atom stereocenters. The van der Waals surface area contributed by atoms with Crippen molar-refractivity contribution in [3.05, 3.63) is 35.1 Å². The first kappa shape index (κ1) is 20.5. The topological polar surface area (TPSA) is 99.7 Å². The van der Waals surface area contributed by atoms with E-state index in [1.54, 1.807) is 17.0 Å². The third kappa shape index (κ3) is 5.03. The maximum atomic E-state index is 13.1. The number of carbonyl (C=O) groups is 2. The van der Waals surface area contributed by atoms with Crippen molar-refractivity contribution < 1.29 is 18.7 Å². The van der Waals surface area contributed by atoms with Crippen LogP contribution in [-0.4, -0.2) is 66.4 Å². The number of urea groups is 1. The molecule has 1 aromatic heterocycles. The lowest BCUT2D eigenvalue weighted by molar-refractivity contribution is -0.115. The van der Waals surface area contributed by atoms with Crippen LogP contribution >= 0.6 is 11.3 Å². The van der Waals surface area contributed by atoms with Crippen LogP contribution < -0.4 is 15.5 Å². The molecular weight excluding hydrogens is 411 g/mol. The molecule has 0 radical (unpaired) electrons. The Morgan fingerprint density at radius 2 is 1.93 bits per heavy atom. The van der Waals surface area contributed by atoms with Gasteiger partial charge in [-0.25, -0.2) is 9.18 Å². The lowest BCUT2D eigenvalue weighted by atomic mass is 10.2. The van der Waals surface area contributed by atoms with Crippen molar-refractivity contribution in [1.29, 1.82) is 0 Å². The van der Waals surface area contributed by atoms with Crippen LogP contribution in [0, 0.1) is 5.82 Å². The van der Waals surface area contributed by atoms with Gasteiger partial charge in [-0.3, -0.25) is 10.1 Å². The van der Waals surface area contributed by atoms with Gasteiger partial charge in [-0.2, -0.15) is 0 Å². The van der Waals surface area contributed by atoms with Crippen molar-refractivity contribution in [2.75, 3.05) is 49.5 Å². The van der Waals surface area contributed by atoms with Gasteiger partial charge in [0.05, 0.1) is 6.54 Å². The van der Waals surface area contributed by atoms with Crippen molar-refractivity contribution in [2.24, 2.45) is 0 Å². The molecule has 3 amide bonds. The van der Waals surface area contributed by atoms with E-state index in [2.05, 4.69) is 25.7 Å². The predicted molar refractivity (Wildman–Crippen MR) is 110 cm³/mol. The Balaban J connectivity index is 1.19. The predicted octanol–water partition coefficient (Wildman–Crippen LogP) is 2.00. The van der Waals surface area contributed by atoms with Gasteiger partial charge in [0.15, 0.2) is 0 Å². The fraction of sp³-hybridized carbons (Fsp3) is 0.474. The van der Waals surface area contributed by atoms with Crippen molar-refractivity contribution >= 4 is 34.1 Å². The minimum atomic E-state index is -0.358. The van der Waals surface area contributed by atoms with Gasteiger partial charge in [-0.1, -0.05) is 11.3 Å². The number of carbonyl (C=O) groups excluding carboxylic acids is 2. The number of nitrogens with one attached hydrogen (secondary N) is 2. The van der Waals surface area contributed by atoms with Gasteiger partial charge in [0.1, 0.15) is 16.9 Å². The molecule has 160 valence electrons. The van der Waals surface area contributed by atoms with Crippen LogP contribution in [0.15, 0.2) is 24.3 Å². The number of anilines is 2. The second-order valence-electron chi connectivity index (χ2n) is 7.10. The first-order valence-corrected chi connectivity index (χ1v) is 10.7. The largest absolute Gasteiger partial charge is 0.371 e. The number of hydrogen-bond acceptors (Lipinski definition) is 7. The number of aromatic nitrogens is 2. The Labute approximate surface area is 177 Å². The molecular formula is C19H23FN6O3S. The molecule has 30 heavy (non-hydrogen) atoms. The van der Waals surface area contributed by atoms with Gasteiger partial charge < -0.3 is 19.9 Å². The molecule has 11 heteroatoms. The van der Waals surface area contributed by atoms with Crippen molar-refractivity contribution in [3.63, 3.8) is 0 Å². The van der Waals surface area contributed by atoms with Gasteiger partial charge in [0, 0.05) is 38.5 Å². The second-order valence-corrected chi connectivity index (χ2v) is 8.11. The lowest BCUT2D eigenvalue weighted by Crippen LogP contribution is -2.52. The van der Waals surface area contributed by atoms with E-state index in [4.69, 9.17) is 4.74 Å². The molecule has 0 bridgehead atoms. The first-order chi connectivity index (χ1) is 14.6. The average molecular weight is 434 g/mol. The highest BCUT2D eigenvalue weighted by Crippen LogP contribution is 2.31. The van der Waals surface area contributed by atoms with Crippen molar-refractivity contribution in [3.8, 4) is 0 Å². The normalized spacial score (nSPS) is 19.0. The van der Waals surface area contributed by atoms with E-state index >= 15 is 0 Å². The minimum Gasteiger partial charge on any atom is -0.371 e. The van der Waals surface area contributed by atoms with Crippen LogP contribution in [0.5, 0.6) is 0 Å². The zero-order chi connectivity index (χ0) is 20.9. The number of ether oxygens (including phenoxy) is 1. The molecule has 2 aliphatic rings. The smallest absolute Gasteiger partial charge is 0.317 e. The molecule has 1 aromatic carbocycles. The number of piperazine rings is 1. The highest BCUT2D eigenvalue weighted by Gasteiger charge is 2.23. The van der Waals surface area contributed by atoms with Crippen LogP contribution in [0.3, 0.4) is 0 Å². The van der Waals surface area contributed by atoms with Crippen LogP contribution in [0.25, 0.3) is 0 Å². The standard InChI is InChI=1S/C19H23FN6O3S/c20-13-3-5-14(6-4-13)25-7-9-26(10-8-25)19(28)21-12-16(27)22-18-24-23-17(30-18)15-2-1-11-29-15/h3-6,15H,1-2,7-12H2,(H,21,28)(H,22,24,27)/t15-/m0/s1. The summed E-state index contributed by atoms with van der Waals surface area (Å²) < 4.78 is 18.6. The minimum absolute atomic E-state index is 0.0403. The molecule has 2 fully saturated rings. The zero-order valence-electron chi connectivity index (χ0n) is 16.3. The van der Waals surface area contributed by atoms with E-state index in [1.807, 2.05) is 0 Å². The third-order valence-electron chi connectivity index (χ3n) is 5.05. The zero-order valence-corrected chi connectivity index (χ0v) is 17.2. The monoisotopic (exact) mass is 434 g/mol. The Morgan fingerprint density at radius 1 is 1.17 bits per heavy atom. The summed E-state index contributed by atoms with van der Waals surface area (Å²) in [5.41, 5.74) is 0.926. The van der Waals surface area contributed by atoms with Gasteiger partial charge in [-0.05, 0) is 37.1 Å². The Morgan fingerprint density at radius 3 is 2.63 bits per heavy atom. The quantitative estimate of drug-likeness (QED) is 0.747. The number of nitrogens with zero attached hydrogens (tertiary/aromatic N) is 4. The Hall–Kier alpha value is -2.79. The highest BCUT2D eigenvalue weighted by molar-refractivity contribution is 7.15. The van der Waals surface area contributed by atoms with E-state index in [9.17, 15) is 14.0 Å². The van der Waals surface area contributed by atoms with Crippen LogP contribution in [0.4, 0.5) is 20.0 Å². The van der Waals surface area contributed by atoms with Crippen molar-refractivity contribution in [1.82, 2.24) is 20.4 Å². The molecule has 0 saturated carbocycles. The molecule has 3 heterocycles. The number of hydrogen-bond donors (Lipinski definition) is 2. The molecule has 2 saturated heterocycles. The molecule has 2 aromatic rings. The van der Waals surface area contributed by atoms with E-state index in [-0.39, 0.29) is 30.4 Å². The van der Waals surface area contributed by atoms with E-state index in [0.717, 1.165) is 30.1 Å². The summed E-state index contributed by atoms with van der Waals surface area (Å²) >= 11 is 1.29. The molecule has 1 atom stereocenters. The maximum Gasteiger partial charge on any atom is 0.317 e. The first-order valence-electron chi connectivity index (χ1n) is 9.86. The summed E-state index contributed by atoms with van der Waals surface area (Å²) in [6, 6.07) is 6.02. The molecule has 0 aliphatic carbocycles. The summed E-state index contributed by atoms with van der Waals surface area (Å²) in [6.07, 6.45) is 1.87. The van der Waals surface area contributed by atoms with E-state index < -0.39 is 0 Å². The van der Waals surface area contributed by atoms with E-state index in [0.29, 0.717) is 31.3 Å². The SMILES string of the molecule is O=C(CNC(=O)N1CCN(c2ccc(F)cc2)CC1)Nc1nnc([C@@H]2CCCO2)s1. The van der Waals surface area contributed by atoms with Gasteiger partial charge >= 0.3 is 6.03 Å². The van der Waals surface area contributed by atoms with Gasteiger partial charge in [0.2, 0.25) is 11.0 Å². The Bertz CT molecular complexity index is 879. The highest BCUT2D eigenvalue weighted by atomic mass is 32.1. The van der Waals surface area contributed by atoms with E-state index in [1.165, 1.54) is 23.5 Å². The fourth-order valence-corrected chi connectivity index (χ4v) is 4.28. The summed E-state index contributed by atoms with van der Waals surface area (Å²) in [5.74, 6) is -0.630. The number of halogens is 1. The van der Waals surface area contributed by atoms with Crippen LogP contribution in [-0.2, 0) is 9.53 Å². The lowest BCUT2D eigenvalue weighted by Gasteiger charge is -2.36. The molecule has 4 rings (SSSR count).